The summed E-state index contributed by atoms with van der Waals surface area (Å²) in [4.78, 5) is 22.1. The van der Waals surface area contributed by atoms with Crippen molar-refractivity contribution in [2.24, 2.45) is 0 Å². The lowest BCUT2D eigenvalue weighted by molar-refractivity contribution is -0.120. The number of amides is 2. The van der Waals surface area contributed by atoms with Crippen LogP contribution in [0.4, 0.5) is 0 Å². The highest BCUT2D eigenvalue weighted by atomic mass is 16.2. The van der Waals surface area contributed by atoms with Crippen LogP contribution in [-0.4, -0.2) is 23.9 Å². The zero-order valence-electron chi connectivity index (χ0n) is 11.1. The first-order valence-corrected chi connectivity index (χ1v) is 6.42. The maximum atomic E-state index is 11.0. The second-order valence-corrected chi connectivity index (χ2v) is 4.68. The molecule has 0 bridgehead atoms. The van der Waals surface area contributed by atoms with E-state index in [2.05, 4.69) is 34.9 Å². The van der Waals surface area contributed by atoms with Gasteiger partial charge in [0.25, 0.3) is 0 Å². The fourth-order valence-electron chi connectivity index (χ4n) is 2.05. The molecule has 0 saturated carbocycles. The van der Waals surface area contributed by atoms with Crippen molar-refractivity contribution in [2.75, 3.05) is 0 Å². The molecule has 0 aliphatic heterocycles. The minimum Gasteiger partial charge on any atom is -0.353 e. The van der Waals surface area contributed by atoms with Gasteiger partial charge in [0, 0.05) is 25.9 Å². The van der Waals surface area contributed by atoms with Gasteiger partial charge in [-0.05, 0) is 25.7 Å². The largest absolute Gasteiger partial charge is 0.353 e. The highest BCUT2D eigenvalue weighted by Gasteiger charge is 2.10. The molecule has 0 saturated heterocycles. The number of carbonyl (C=O) groups excluding carboxylic acids is 2. The van der Waals surface area contributed by atoms with Crippen LogP contribution in [0.1, 0.15) is 39.5 Å². The molecule has 1 rings (SSSR count). The van der Waals surface area contributed by atoms with Crippen molar-refractivity contribution in [3.63, 3.8) is 0 Å². The van der Waals surface area contributed by atoms with Crippen LogP contribution < -0.4 is 10.6 Å². The van der Waals surface area contributed by atoms with E-state index in [0.717, 1.165) is 25.7 Å². The number of carbonyl (C=O) groups is 2. The molecule has 18 heavy (non-hydrogen) atoms. The van der Waals surface area contributed by atoms with Crippen LogP contribution in [0.5, 0.6) is 0 Å². The lowest BCUT2D eigenvalue weighted by Crippen LogP contribution is -2.33. The maximum absolute atomic E-state index is 11.0. The first-order valence-electron chi connectivity index (χ1n) is 6.42. The van der Waals surface area contributed by atoms with E-state index >= 15 is 0 Å². The quantitative estimate of drug-likeness (QED) is 0.733. The zero-order valence-corrected chi connectivity index (χ0v) is 11.1. The molecule has 100 valence electrons. The fourth-order valence-corrected chi connectivity index (χ4v) is 2.05. The zero-order chi connectivity index (χ0) is 13.4. The lowest BCUT2D eigenvalue weighted by atomic mass is 10.0. The number of hydrogen-bond donors (Lipinski definition) is 2. The molecular weight excluding hydrogens is 228 g/mol. The molecule has 2 amide bonds. The molecule has 0 spiro atoms. The van der Waals surface area contributed by atoms with Crippen molar-refractivity contribution in [3.05, 3.63) is 24.3 Å². The second-order valence-electron chi connectivity index (χ2n) is 4.68. The Bertz CT molecular complexity index is 298. The van der Waals surface area contributed by atoms with Crippen molar-refractivity contribution in [3.8, 4) is 0 Å². The van der Waals surface area contributed by atoms with E-state index < -0.39 is 0 Å². The van der Waals surface area contributed by atoms with Crippen molar-refractivity contribution >= 4 is 11.8 Å². The third kappa shape index (κ3) is 6.23. The Balaban J connectivity index is 2.52. The van der Waals surface area contributed by atoms with Crippen molar-refractivity contribution < 1.29 is 9.59 Å². The topological polar surface area (TPSA) is 58.2 Å². The first kappa shape index (κ1) is 14.5. The second kappa shape index (κ2) is 7.69. The maximum Gasteiger partial charge on any atom is 0.217 e. The van der Waals surface area contributed by atoms with Crippen LogP contribution in [0.2, 0.25) is 0 Å². The summed E-state index contributed by atoms with van der Waals surface area (Å²) in [5, 5.41) is 5.86. The number of rotatable bonds is 2. The van der Waals surface area contributed by atoms with Crippen LogP contribution >= 0.6 is 0 Å². The molecule has 0 fully saturated rings. The normalized spacial score (nSPS) is 24.3. The van der Waals surface area contributed by atoms with Crippen LogP contribution in [0.25, 0.3) is 0 Å². The Morgan fingerprint density at radius 2 is 1.06 bits per heavy atom. The summed E-state index contributed by atoms with van der Waals surface area (Å²) in [5.74, 6) is 0.0185. The molecule has 0 unspecified atom stereocenters. The standard InChI is InChI=1S/C14H22N2O2/c1-11(17)15-13-7-3-5-9-14(16-12(2)18)10-6-4-8-13/h3-6,13-14H,7-10H2,1-2H3,(H,15,17)(H,16,18). The Morgan fingerprint density at radius 1 is 0.778 bits per heavy atom. The Morgan fingerprint density at radius 3 is 1.28 bits per heavy atom. The van der Waals surface area contributed by atoms with E-state index in [1.165, 1.54) is 0 Å². The molecule has 0 aromatic heterocycles. The van der Waals surface area contributed by atoms with E-state index in [0.29, 0.717) is 0 Å². The summed E-state index contributed by atoms with van der Waals surface area (Å²) in [6, 6.07) is 0.347. The molecule has 1 aliphatic rings. The third-order valence-electron chi connectivity index (χ3n) is 2.83. The minimum absolute atomic E-state index is 0.00924. The molecule has 4 nitrogen and oxygen atoms in total. The monoisotopic (exact) mass is 250 g/mol. The third-order valence-corrected chi connectivity index (χ3v) is 2.83. The van der Waals surface area contributed by atoms with Crippen molar-refractivity contribution in [1.29, 1.82) is 0 Å². The van der Waals surface area contributed by atoms with Gasteiger partial charge in [0.1, 0.15) is 0 Å². The molecule has 0 aromatic carbocycles. The summed E-state index contributed by atoms with van der Waals surface area (Å²) < 4.78 is 0. The lowest BCUT2D eigenvalue weighted by Gasteiger charge is -2.17. The van der Waals surface area contributed by atoms with Crippen LogP contribution in [0.3, 0.4) is 0 Å². The van der Waals surface area contributed by atoms with Gasteiger partial charge in [-0.2, -0.15) is 0 Å². The molecule has 0 aromatic rings. The van der Waals surface area contributed by atoms with E-state index in [1.807, 2.05) is 0 Å². The summed E-state index contributed by atoms with van der Waals surface area (Å²) in [7, 11) is 0. The smallest absolute Gasteiger partial charge is 0.217 e. The first-order chi connectivity index (χ1) is 8.58. The molecule has 0 radical (unpaired) electrons. The van der Waals surface area contributed by atoms with Gasteiger partial charge < -0.3 is 10.6 Å². The summed E-state index contributed by atoms with van der Waals surface area (Å²) >= 11 is 0. The average molecular weight is 250 g/mol. The molecule has 2 N–H and O–H groups in total. The van der Waals surface area contributed by atoms with E-state index in [9.17, 15) is 9.59 Å². The number of hydrogen-bond acceptors (Lipinski definition) is 2. The number of nitrogens with one attached hydrogen (secondary N) is 2. The Hall–Kier alpha value is -1.58. The van der Waals surface area contributed by atoms with Gasteiger partial charge in [0.15, 0.2) is 0 Å². The van der Waals surface area contributed by atoms with Crippen LogP contribution in [0.15, 0.2) is 24.3 Å². The summed E-state index contributed by atoms with van der Waals surface area (Å²) in [6.07, 6.45) is 11.6. The Kier molecular flexibility index (Phi) is 6.19. The molecule has 1 aliphatic carbocycles. The molecular formula is C14H22N2O2. The average Bonchev–Trinajstić information content (AvgIpc) is 2.27. The summed E-state index contributed by atoms with van der Waals surface area (Å²) in [5.41, 5.74) is 0. The highest BCUT2D eigenvalue weighted by molar-refractivity contribution is 5.73. The fraction of sp³-hybridized carbons (Fsp3) is 0.571. The summed E-state index contributed by atoms with van der Waals surface area (Å²) in [6.45, 7) is 3.08. The van der Waals surface area contributed by atoms with Gasteiger partial charge in [-0.25, -0.2) is 0 Å². The minimum atomic E-state index is 0.00924. The molecule has 0 atom stereocenters. The van der Waals surface area contributed by atoms with Crippen LogP contribution in [0, 0.1) is 0 Å². The van der Waals surface area contributed by atoms with Gasteiger partial charge in [0.2, 0.25) is 11.8 Å². The predicted molar refractivity (Wildman–Crippen MR) is 72.0 cm³/mol. The van der Waals surface area contributed by atoms with Gasteiger partial charge >= 0.3 is 0 Å². The van der Waals surface area contributed by atoms with E-state index in [4.69, 9.17) is 0 Å². The predicted octanol–water partition coefficient (Wildman–Crippen LogP) is 1.68. The van der Waals surface area contributed by atoms with Crippen molar-refractivity contribution in [1.82, 2.24) is 10.6 Å². The van der Waals surface area contributed by atoms with Gasteiger partial charge in [0.05, 0.1) is 0 Å². The van der Waals surface area contributed by atoms with Gasteiger partial charge in [-0.15, -0.1) is 0 Å². The van der Waals surface area contributed by atoms with Crippen molar-refractivity contribution in [2.45, 2.75) is 51.6 Å². The molecule has 0 heterocycles. The van der Waals surface area contributed by atoms with Gasteiger partial charge in [-0.1, -0.05) is 24.3 Å². The van der Waals surface area contributed by atoms with E-state index in [1.54, 1.807) is 13.8 Å². The molecule has 4 heteroatoms. The Labute approximate surface area is 109 Å². The van der Waals surface area contributed by atoms with Crippen LogP contribution in [-0.2, 0) is 9.59 Å². The van der Waals surface area contributed by atoms with E-state index in [-0.39, 0.29) is 23.9 Å². The highest BCUT2D eigenvalue weighted by Crippen LogP contribution is 2.08. The van der Waals surface area contributed by atoms with Gasteiger partial charge in [-0.3, -0.25) is 9.59 Å². The SMILES string of the molecule is CC(=O)NC1CC=CCC(NC(C)=O)CC=CC1.